The van der Waals surface area contributed by atoms with Gasteiger partial charge in [-0.05, 0) is 18.1 Å². The van der Waals surface area contributed by atoms with E-state index in [1.54, 1.807) is 6.07 Å². The van der Waals surface area contributed by atoms with Crippen molar-refractivity contribution in [2.75, 3.05) is 13.2 Å². The summed E-state index contributed by atoms with van der Waals surface area (Å²) in [5, 5.41) is 11.6. The lowest BCUT2D eigenvalue weighted by Crippen LogP contribution is -2.45. The van der Waals surface area contributed by atoms with E-state index < -0.39 is 17.8 Å². The molecule has 5 nitrogen and oxygen atoms in total. The fourth-order valence-corrected chi connectivity index (χ4v) is 2.11. The molecule has 1 fully saturated rings. The lowest BCUT2D eigenvalue weighted by atomic mass is 10.0. The summed E-state index contributed by atoms with van der Waals surface area (Å²) in [6.07, 6.45) is 0.499. The number of carboxylic acids is 1. The maximum Gasteiger partial charge on any atom is 0.326 e. The van der Waals surface area contributed by atoms with E-state index in [0.29, 0.717) is 19.6 Å². The molecular formula is C14H16FNO4. The number of carbonyl (C=O) groups excluding carboxylic acids is 1. The predicted molar refractivity (Wildman–Crippen MR) is 68.6 cm³/mol. The summed E-state index contributed by atoms with van der Waals surface area (Å²) < 4.78 is 18.6. The van der Waals surface area contributed by atoms with E-state index in [4.69, 9.17) is 9.84 Å². The summed E-state index contributed by atoms with van der Waals surface area (Å²) >= 11 is 0. The van der Waals surface area contributed by atoms with E-state index in [9.17, 15) is 14.0 Å². The van der Waals surface area contributed by atoms with Crippen molar-refractivity contribution in [3.8, 4) is 0 Å². The Kier molecular flexibility index (Phi) is 4.68. The van der Waals surface area contributed by atoms with Crippen LogP contribution in [0.15, 0.2) is 24.3 Å². The van der Waals surface area contributed by atoms with E-state index in [1.807, 2.05) is 0 Å². The first-order valence-corrected chi connectivity index (χ1v) is 6.42. The highest BCUT2D eigenvalue weighted by molar-refractivity contribution is 5.85. The highest BCUT2D eigenvalue weighted by Crippen LogP contribution is 2.14. The zero-order valence-electron chi connectivity index (χ0n) is 10.8. The third-order valence-corrected chi connectivity index (χ3v) is 3.30. The molecular weight excluding hydrogens is 265 g/mol. The second kappa shape index (κ2) is 6.47. The number of halogens is 1. The predicted octanol–water partition coefficient (Wildman–Crippen LogP) is 0.974. The Morgan fingerprint density at radius 3 is 2.80 bits per heavy atom. The lowest BCUT2D eigenvalue weighted by Gasteiger charge is -2.17. The van der Waals surface area contributed by atoms with Crippen molar-refractivity contribution < 1.29 is 23.8 Å². The van der Waals surface area contributed by atoms with Crippen molar-refractivity contribution >= 4 is 11.9 Å². The minimum Gasteiger partial charge on any atom is -0.480 e. The van der Waals surface area contributed by atoms with Gasteiger partial charge in [-0.25, -0.2) is 9.18 Å². The number of hydrogen-bond acceptors (Lipinski definition) is 3. The van der Waals surface area contributed by atoms with Gasteiger partial charge in [-0.2, -0.15) is 0 Å². The van der Waals surface area contributed by atoms with Gasteiger partial charge in [0.1, 0.15) is 11.9 Å². The molecule has 1 aliphatic rings. The number of ether oxygens (including phenoxy) is 1. The van der Waals surface area contributed by atoms with Crippen LogP contribution >= 0.6 is 0 Å². The summed E-state index contributed by atoms with van der Waals surface area (Å²) in [6.45, 7) is 0.807. The number of hydrogen-bond donors (Lipinski definition) is 2. The van der Waals surface area contributed by atoms with Crippen LogP contribution in [-0.2, 0) is 20.7 Å². The Bertz CT molecular complexity index is 500. The summed E-state index contributed by atoms with van der Waals surface area (Å²) in [5.41, 5.74) is 0.267. The van der Waals surface area contributed by atoms with Gasteiger partial charge in [-0.3, -0.25) is 4.79 Å². The van der Waals surface area contributed by atoms with Gasteiger partial charge in [0.05, 0.1) is 12.5 Å². The molecule has 2 atom stereocenters. The average molecular weight is 281 g/mol. The quantitative estimate of drug-likeness (QED) is 0.843. The molecule has 1 aromatic rings. The minimum absolute atomic E-state index is 0.0820. The Morgan fingerprint density at radius 2 is 2.20 bits per heavy atom. The number of rotatable bonds is 5. The maximum atomic E-state index is 13.5. The van der Waals surface area contributed by atoms with Gasteiger partial charge in [0.25, 0.3) is 0 Å². The zero-order chi connectivity index (χ0) is 14.5. The molecule has 20 heavy (non-hydrogen) atoms. The van der Waals surface area contributed by atoms with Gasteiger partial charge in [0.2, 0.25) is 5.91 Å². The van der Waals surface area contributed by atoms with Crippen molar-refractivity contribution in [1.82, 2.24) is 5.32 Å². The highest BCUT2D eigenvalue weighted by Gasteiger charge is 2.28. The van der Waals surface area contributed by atoms with Crippen molar-refractivity contribution in [3.05, 3.63) is 35.6 Å². The van der Waals surface area contributed by atoms with E-state index in [0.717, 1.165) is 0 Å². The Balaban J connectivity index is 2.02. The number of aliphatic carboxylic acids is 1. The first-order valence-electron chi connectivity index (χ1n) is 6.42. The Morgan fingerprint density at radius 1 is 1.45 bits per heavy atom. The fourth-order valence-electron chi connectivity index (χ4n) is 2.11. The second-order valence-electron chi connectivity index (χ2n) is 4.76. The van der Waals surface area contributed by atoms with Gasteiger partial charge in [0, 0.05) is 13.0 Å². The molecule has 2 N–H and O–H groups in total. The van der Waals surface area contributed by atoms with Gasteiger partial charge in [-0.15, -0.1) is 0 Å². The number of nitrogens with one attached hydrogen (secondary N) is 1. The van der Waals surface area contributed by atoms with Crippen molar-refractivity contribution in [2.45, 2.75) is 18.9 Å². The minimum atomic E-state index is -1.18. The molecule has 0 aliphatic carbocycles. The summed E-state index contributed by atoms with van der Waals surface area (Å²) in [7, 11) is 0. The van der Waals surface area contributed by atoms with Crippen LogP contribution in [0.4, 0.5) is 4.39 Å². The number of carboxylic acid groups (broad SMARTS) is 1. The van der Waals surface area contributed by atoms with Crippen LogP contribution in [0.2, 0.25) is 0 Å². The van der Waals surface area contributed by atoms with E-state index in [2.05, 4.69) is 5.32 Å². The molecule has 0 spiro atoms. The van der Waals surface area contributed by atoms with Gasteiger partial charge >= 0.3 is 5.97 Å². The Labute approximate surface area is 115 Å². The maximum absolute atomic E-state index is 13.5. The highest BCUT2D eigenvalue weighted by atomic mass is 19.1. The molecule has 0 saturated carbocycles. The number of amides is 1. The molecule has 1 aliphatic heterocycles. The molecule has 1 aromatic carbocycles. The van der Waals surface area contributed by atoms with Gasteiger partial charge in [-0.1, -0.05) is 18.2 Å². The normalized spacial score (nSPS) is 19.6. The van der Waals surface area contributed by atoms with Crippen LogP contribution in [0.5, 0.6) is 0 Å². The SMILES string of the molecule is O=C(N[C@@H](Cc1ccccc1F)C(=O)O)[C@@H]1CCOC1. The molecule has 0 radical (unpaired) electrons. The average Bonchev–Trinajstić information content (AvgIpc) is 2.94. The molecule has 0 bridgehead atoms. The van der Waals surface area contributed by atoms with Crippen molar-refractivity contribution in [2.24, 2.45) is 5.92 Å². The lowest BCUT2D eigenvalue weighted by molar-refractivity contribution is -0.142. The molecule has 108 valence electrons. The smallest absolute Gasteiger partial charge is 0.326 e. The summed E-state index contributed by atoms with van der Waals surface area (Å²) in [4.78, 5) is 23.1. The molecule has 2 rings (SSSR count). The van der Waals surface area contributed by atoms with Crippen LogP contribution in [0.1, 0.15) is 12.0 Å². The van der Waals surface area contributed by atoms with E-state index >= 15 is 0 Å². The molecule has 0 unspecified atom stereocenters. The number of carbonyl (C=O) groups is 2. The van der Waals surface area contributed by atoms with E-state index in [1.165, 1.54) is 18.2 Å². The molecule has 1 heterocycles. The standard InChI is InChI=1S/C14H16FNO4/c15-11-4-2-1-3-9(11)7-12(14(18)19)16-13(17)10-5-6-20-8-10/h1-4,10,12H,5-8H2,(H,16,17)(H,18,19)/t10-,12+/m1/s1. The second-order valence-corrected chi connectivity index (χ2v) is 4.76. The zero-order valence-corrected chi connectivity index (χ0v) is 10.8. The summed E-state index contributed by atoms with van der Waals surface area (Å²) in [6, 6.07) is 4.80. The largest absolute Gasteiger partial charge is 0.480 e. The van der Waals surface area contributed by atoms with Crippen LogP contribution < -0.4 is 5.32 Å². The van der Waals surface area contributed by atoms with Crippen LogP contribution in [0.3, 0.4) is 0 Å². The van der Waals surface area contributed by atoms with Crippen LogP contribution in [0, 0.1) is 11.7 Å². The first kappa shape index (κ1) is 14.5. The molecule has 1 saturated heterocycles. The fraction of sp³-hybridized carbons (Fsp3) is 0.429. The molecule has 6 heteroatoms. The third kappa shape index (κ3) is 3.54. The molecule has 1 amide bonds. The van der Waals surface area contributed by atoms with Crippen molar-refractivity contribution in [3.63, 3.8) is 0 Å². The first-order chi connectivity index (χ1) is 9.58. The van der Waals surface area contributed by atoms with Crippen LogP contribution in [-0.4, -0.2) is 36.2 Å². The topological polar surface area (TPSA) is 75.6 Å². The van der Waals surface area contributed by atoms with Crippen molar-refractivity contribution in [1.29, 1.82) is 0 Å². The van der Waals surface area contributed by atoms with Crippen LogP contribution in [0.25, 0.3) is 0 Å². The monoisotopic (exact) mass is 281 g/mol. The van der Waals surface area contributed by atoms with E-state index in [-0.39, 0.29) is 23.8 Å². The number of benzene rings is 1. The summed E-state index contributed by atoms with van der Waals surface area (Å²) in [5.74, 6) is -2.33. The van der Waals surface area contributed by atoms with Gasteiger partial charge in [0.15, 0.2) is 0 Å². The van der Waals surface area contributed by atoms with Gasteiger partial charge < -0.3 is 15.2 Å². The Hall–Kier alpha value is -1.95. The third-order valence-electron chi connectivity index (χ3n) is 3.30. The molecule has 0 aromatic heterocycles.